The number of ether oxygens (including phenoxy) is 1. The van der Waals surface area contributed by atoms with Gasteiger partial charge in [-0.15, -0.1) is 25.3 Å². The predicted molar refractivity (Wildman–Crippen MR) is 90.4 cm³/mol. The van der Waals surface area contributed by atoms with E-state index >= 15 is 0 Å². The molecule has 25 heavy (non-hydrogen) atoms. The van der Waals surface area contributed by atoms with Crippen LogP contribution in [0.15, 0.2) is 46.2 Å². The van der Waals surface area contributed by atoms with Crippen LogP contribution in [0, 0.1) is 20.2 Å². The van der Waals surface area contributed by atoms with Crippen molar-refractivity contribution in [1.82, 2.24) is 0 Å². The van der Waals surface area contributed by atoms with Crippen molar-refractivity contribution in [3.63, 3.8) is 0 Å². The van der Waals surface area contributed by atoms with E-state index in [4.69, 9.17) is 0 Å². The third-order valence-corrected chi connectivity index (χ3v) is 3.77. The zero-order valence-electron chi connectivity index (χ0n) is 12.1. The quantitative estimate of drug-likeness (QED) is 0.274. The van der Waals surface area contributed by atoms with Crippen molar-refractivity contribution in [3.8, 4) is 0 Å². The highest BCUT2D eigenvalue weighted by Gasteiger charge is 2.30. The molecule has 0 radical (unpaired) electrons. The summed E-state index contributed by atoms with van der Waals surface area (Å²) in [5, 5.41) is 22.0. The van der Waals surface area contributed by atoms with Crippen molar-refractivity contribution in [2.24, 2.45) is 0 Å². The molecule has 2 aromatic rings. The summed E-state index contributed by atoms with van der Waals surface area (Å²) >= 11 is 7.89. The van der Waals surface area contributed by atoms with Crippen molar-refractivity contribution >= 4 is 48.6 Å². The Morgan fingerprint density at radius 2 is 1.16 bits per heavy atom. The van der Waals surface area contributed by atoms with Crippen molar-refractivity contribution in [2.45, 2.75) is 9.79 Å². The summed E-state index contributed by atoms with van der Waals surface area (Å²) in [5.41, 5.74) is -2.30. The molecular weight excluding hydrogens is 372 g/mol. The zero-order valence-corrected chi connectivity index (χ0v) is 13.9. The van der Waals surface area contributed by atoms with E-state index in [1.807, 2.05) is 0 Å². The van der Waals surface area contributed by atoms with Crippen LogP contribution in [0.2, 0.25) is 0 Å². The van der Waals surface area contributed by atoms with Crippen LogP contribution in [0.1, 0.15) is 20.7 Å². The first-order chi connectivity index (χ1) is 11.7. The molecule has 0 fully saturated rings. The fraction of sp³-hybridized carbons (Fsp3) is 0. The SMILES string of the molecule is O=C(OC(=O)c1c(S)cccc1[N+](=O)[O-])c1c(S)cccc1[N+](=O)[O-]. The van der Waals surface area contributed by atoms with Crippen LogP contribution in [0.3, 0.4) is 0 Å². The Labute approximate surface area is 150 Å². The summed E-state index contributed by atoms with van der Waals surface area (Å²) < 4.78 is 4.58. The first-order valence-corrected chi connectivity index (χ1v) is 7.32. The number of hydrogen-bond donors (Lipinski definition) is 2. The second-order valence-corrected chi connectivity index (χ2v) is 5.50. The molecule has 0 heterocycles. The third-order valence-electron chi connectivity index (χ3n) is 3.03. The van der Waals surface area contributed by atoms with Gasteiger partial charge in [0.2, 0.25) is 0 Å². The van der Waals surface area contributed by atoms with Gasteiger partial charge in [-0.25, -0.2) is 9.59 Å². The van der Waals surface area contributed by atoms with Crippen LogP contribution < -0.4 is 0 Å². The number of carbonyl (C=O) groups excluding carboxylic acids is 2. The monoisotopic (exact) mass is 380 g/mol. The third kappa shape index (κ3) is 3.78. The predicted octanol–water partition coefficient (Wildman–Crippen LogP) is 3.08. The molecule has 9 nitrogen and oxygen atoms in total. The number of thiol groups is 2. The van der Waals surface area contributed by atoms with Crippen molar-refractivity contribution in [3.05, 3.63) is 67.8 Å². The number of carbonyl (C=O) groups is 2. The molecule has 2 aromatic carbocycles. The van der Waals surface area contributed by atoms with E-state index in [1.54, 1.807) is 0 Å². The molecule has 0 amide bonds. The van der Waals surface area contributed by atoms with Gasteiger partial charge >= 0.3 is 11.9 Å². The van der Waals surface area contributed by atoms with Gasteiger partial charge in [-0.3, -0.25) is 20.2 Å². The molecule has 11 heteroatoms. The maximum Gasteiger partial charge on any atom is 0.354 e. The molecule has 0 atom stereocenters. The lowest BCUT2D eigenvalue weighted by Gasteiger charge is -2.07. The first kappa shape index (κ1) is 18.4. The van der Waals surface area contributed by atoms with Crippen molar-refractivity contribution in [1.29, 1.82) is 0 Å². The number of nitro benzene ring substituents is 2. The lowest BCUT2D eigenvalue weighted by Crippen LogP contribution is -2.16. The fourth-order valence-electron chi connectivity index (χ4n) is 1.97. The molecule has 0 spiro atoms. The molecule has 0 saturated heterocycles. The molecule has 2 rings (SSSR count). The van der Waals surface area contributed by atoms with E-state index in [0.29, 0.717) is 0 Å². The molecule has 0 aliphatic heterocycles. The second kappa shape index (κ2) is 7.32. The zero-order chi connectivity index (χ0) is 18.7. The highest BCUT2D eigenvalue weighted by Crippen LogP contribution is 2.29. The van der Waals surface area contributed by atoms with Crippen molar-refractivity contribution in [2.75, 3.05) is 0 Å². The number of rotatable bonds is 4. The molecule has 128 valence electrons. The van der Waals surface area contributed by atoms with Gasteiger partial charge in [0, 0.05) is 21.9 Å². The summed E-state index contributed by atoms with van der Waals surface area (Å²) in [6, 6.07) is 7.27. The summed E-state index contributed by atoms with van der Waals surface area (Å²) in [6.45, 7) is 0. The van der Waals surface area contributed by atoms with Gasteiger partial charge in [-0.1, -0.05) is 12.1 Å². The van der Waals surface area contributed by atoms with E-state index in [1.165, 1.54) is 24.3 Å². The van der Waals surface area contributed by atoms with E-state index in [0.717, 1.165) is 12.1 Å². The van der Waals surface area contributed by atoms with Crippen LogP contribution in [-0.2, 0) is 4.74 Å². The van der Waals surface area contributed by atoms with Crippen LogP contribution in [0.5, 0.6) is 0 Å². The molecule has 0 saturated carbocycles. The Bertz CT molecular complexity index is 841. The van der Waals surface area contributed by atoms with Gasteiger partial charge in [0.1, 0.15) is 0 Å². The van der Waals surface area contributed by atoms with Gasteiger partial charge in [-0.05, 0) is 12.1 Å². The Morgan fingerprint density at radius 1 is 0.800 bits per heavy atom. The lowest BCUT2D eigenvalue weighted by atomic mass is 10.1. The normalized spacial score (nSPS) is 10.2. The molecule has 0 unspecified atom stereocenters. The second-order valence-electron chi connectivity index (χ2n) is 4.53. The number of hydrogen-bond acceptors (Lipinski definition) is 9. The van der Waals surface area contributed by atoms with Crippen LogP contribution in [-0.4, -0.2) is 21.8 Å². The summed E-state index contributed by atoms with van der Waals surface area (Å²) in [4.78, 5) is 44.5. The highest BCUT2D eigenvalue weighted by molar-refractivity contribution is 7.80. The van der Waals surface area contributed by atoms with Gasteiger partial charge in [0.15, 0.2) is 11.1 Å². The fourth-order valence-corrected chi connectivity index (χ4v) is 2.55. The van der Waals surface area contributed by atoms with Crippen LogP contribution in [0.4, 0.5) is 11.4 Å². The average molecular weight is 380 g/mol. The number of esters is 2. The van der Waals surface area contributed by atoms with Gasteiger partial charge in [0.25, 0.3) is 11.4 Å². The summed E-state index contributed by atoms with van der Waals surface area (Å²) in [5.74, 6) is -2.71. The highest BCUT2D eigenvalue weighted by atomic mass is 32.1. The van der Waals surface area contributed by atoms with Crippen LogP contribution >= 0.6 is 25.3 Å². The van der Waals surface area contributed by atoms with Gasteiger partial charge < -0.3 is 4.74 Å². The minimum atomic E-state index is -1.35. The lowest BCUT2D eigenvalue weighted by molar-refractivity contribution is -0.385. The molecule has 0 aliphatic carbocycles. The summed E-state index contributed by atoms with van der Waals surface area (Å²) in [6.07, 6.45) is 0. The largest absolute Gasteiger partial charge is 0.385 e. The Morgan fingerprint density at radius 3 is 1.48 bits per heavy atom. The number of nitrogens with zero attached hydrogens (tertiary/aromatic N) is 2. The average Bonchev–Trinajstić information content (AvgIpc) is 2.53. The van der Waals surface area contributed by atoms with Crippen molar-refractivity contribution < 1.29 is 24.2 Å². The van der Waals surface area contributed by atoms with Gasteiger partial charge in [-0.2, -0.15) is 0 Å². The van der Waals surface area contributed by atoms with Gasteiger partial charge in [0.05, 0.1) is 9.85 Å². The maximum atomic E-state index is 12.2. The first-order valence-electron chi connectivity index (χ1n) is 6.43. The molecule has 0 aliphatic rings. The van der Waals surface area contributed by atoms with E-state index in [-0.39, 0.29) is 9.79 Å². The smallest absolute Gasteiger partial charge is 0.354 e. The standard InChI is InChI=1S/C14H8N2O7S2/c17-13(11-7(15(19)20)3-1-5-9(11)24)23-14(18)12-8(16(21)22)4-2-6-10(12)25/h1-6,24-25H. The topological polar surface area (TPSA) is 130 Å². The number of nitro groups is 2. The molecule has 0 bridgehead atoms. The van der Waals surface area contributed by atoms with E-state index in [9.17, 15) is 29.8 Å². The van der Waals surface area contributed by atoms with E-state index in [2.05, 4.69) is 30.0 Å². The summed E-state index contributed by atoms with van der Waals surface area (Å²) in [7, 11) is 0. The molecular formula is C14H8N2O7S2. The minimum Gasteiger partial charge on any atom is -0.385 e. The Balaban J connectivity index is 2.43. The minimum absolute atomic E-state index is 0.0827. The maximum absolute atomic E-state index is 12.2. The molecule has 0 aromatic heterocycles. The van der Waals surface area contributed by atoms with Crippen LogP contribution in [0.25, 0.3) is 0 Å². The molecule has 0 N–H and O–H groups in total. The van der Waals surface area contributed by atoms with E-state index < -0.39 is 44.3 Å². The Hall–Kier alpha value is -2.92. The Kier molecular flexibility index (Phi) is 5.39. The number of benzene rings is 2.